The number of hydrogen-bond donors (Lipinski definition) is 0. The second-order valence-electron chi connectivity index (χ2n) is 9.61. The highest BCUT2D eigenvalue weighted by Crippen LogP contribution is 2.43. The van der Waals surface area contributed by atoms with Crippen LogP contribution in [0.5, 0.6) is 0 Å². The minimum absolute atomic E-state index is 0.986. The fourth-order valence-corrected chi connectivity index (χ4v) is 6.89. The fraction of sp³-hybridized carbons (Fsp3) is 0. The van der Waals surface area contributed by atoms with E-state index in [1.165, 1.54) is 47.5 Å². The second-order valence-corrected chi connectivity index (χ2v) is 10.7. The lowest BCUT2D eigenvalue weighted by molar-refractivity contribution is 1.18. The van der Waals surface area contributed by atoms with Crippen molar-refractivity contribution in [3.05, 3.63) is 133 Å². The van der Waals surface area contributed by atoms with Crippen LogP contribution in [0.1, 0.15) is 0 Å². The van der Waals surface area contributed by atoms with Crippen LogP contribution in [-0.2, 0) is 0 Å². The average Bonchev–Trinajstić information content (AvgIpc) is 3.53. The molecule has 3 heteroatoms. The van der Waals surface area contributed by atoms with E-state index in [0.717, 1.165) is 22.6 Å². The Labute approximate surface area is 224 Å². The Morgan fingerprint density at radius 3 is 1.89 bits per heavy atom. The minimum Gasteiger partial charge on any atom is -0.309 e. The number of pyridine rings is 1. The topological polar surface area (TPSA) is 17.8 Å². The molecular formula is C35H22N2S. The summed E-state index contributed by atoms with van der Waals surface area (Å²) < 4.78 is 4.97. The van der Waals surface area contributed by atoms with Gasteiger partial charge in [-0.2, -0.15) is 0 Å². The van der Waals surface area contributed by atoms with E-state index in [9.17, 15) is 0 Å². The monoisotopic (exact) mass is 502 g/mol. The molecule has 8 rings (SSSR count). The van der Waals surface area contributed by atoms with Gasteiger partial charge < -0.3 is 4.57 Å². The highest BCUT2D eigenvalue weighted by atomic mass is 32.1. The van der Waals surface area contributed by atoms with Crippen molar-refractivity contribution >= 4 is 53.3 Å². The summed E-state index contributed by atoms with van der Waals surface area (Å²) in [5.41, 5.74) is 7.85. The van der Waals surface area contributed by atoms with E-state index in [4.69, 9.17) is 4.98 Å². The maximum atomic E-state index is 5.18. The third kappa shape index (κ3) is 3.22. The van der Waals surface area contributed by atoms with Crippen LogP contribution < -0.4 is 0 Å². The molecule has 8 aromatic rings. The first kappa shape index (κ1) is 21.4. The molecule has 0 spiro atoms. The van der Waals surface area contributed by atoms with Gasteiger partial charge in [-0.25, -0.2) is 4.98 Å². The predicted octanol–water partition coefficient (Wildman–Crippen LogP) is 9.88. The van der Waals surface area contributed by atoms with Crippen LogP contribution in [0.2, 0.25) is 0 Å². The molecule has 0 amide bonds. The smallest absolute Gasteiger partial charge is 0.0724 e. The van der Waals surface area contributed by atoms with Gasteiger partial charge >= 0.3 is 0 Å². The summed E-state index contributed by atoms with van der Waals surface area (Å²) in [7, 11) is 0. The molecule has 3 heterocycles. The Morgan fingerprint density at radius 2 is 1.13 bits per heavy atom. The number of fused-ring (bicyclic) bond motifs is 6. The first-order valence-electron chi connectivity index (χ1n) is 12.8. The number of benzene rings is 5. The van der Waals surface area contributed by atoms with Crippen LogP contribution >= 0.6 is 11.3 Å². The molecule has 3 aromatic heterocycles. The van der Waals surface area contributed by atoms with Crippen molar-refractivity contribution in [3.63, 3.8) is 0 Å². The normalized spacial score (nSPS) is 11.7. The van der Waals surface area contributed by atoms with Crippen LogP contribution in [0.15, 0.2) is 133 Å². The van der Waals surface area contributed by atoms with Crippen LogP contribution in [0, 0.1) is 0 Å². The largest absolute Gasteiger partial charge is 0.309 e. The average molecular weight is 503 g/mol. The van der Waals surface area contributed by atoms with Gasteiger partial charge in [0.15, 0.2) is 0 Å². The minimum atomic E-state index is 0.986. The maximum absolute atomic E-state index is 5.18. The van der Waals surface area contributed by atoms with Crippen LogP contribution in [0.3, 0.4) is 0 Å². The van der Waals surface area contributed by atoms with Gasteiger partial charge in [-0.3, -0.25) is 0 Å². The summed E-state index contributed by atoms with van der Waals surface area (Å²) in [6, 6.07) is 47.6. The Morgan fingerprint density at radius 1 is 0.500 bits per heavy atom. The third-order valence-corrected chi connectivity index (χ3v) is 8.62. The summed E-state index contributed by atoms with van der Waals surface area (Å²) in [4.78, 5) is 5.18. The predicted molar refractivity (Wildman–Crippen MR) is 162 cm³/mol. The Balaban J connectivity index is 1.47. The Kier molecular flexibility index (Phi) is 4.73. The lowest BCUT2D eigenvalue weighted by Gasteiger charge is -2.12. The van der Waals surface area contributed by atoms with Crippen molar-refractivity contribution in [3.8, 4) is 28.2 Å². The molecule has 178 valence electrons. The summed E-state index contributed by atoms with van der Waals surface area (Å²) >= 11 is 1.85. The first-order chi connectivity index (χ1) is 18.8. The summed E-state index contributed by atoms with van der Waals surface area (Å²) in [6.07, 6.45) is 0. The standard InChI is InChI=1S/C35H22N2S/c1-2-11-23(12-3-1)30-16-10-17-31(36-30)29-22-24(21-28-27-15-6-9-20-34(27)38-35(28)29)37-32-18-7-4-13-25(32)26-14-5-8-19-33(26)37/h1-22H. The van der Waals surface area contributed by atoms with Gasteiger partial charge in [0, 0.05) is 47.8 Å². The molecule has 0 aliphatic carbocycles. The van der Waals surface area contributed by atoms with E-state index in [1.807, 2.05) is 17.4 Å². The van der Waals surface area contributed by atoms with Gasteiger partial charge in [-0.15, -0.1) is 11.3 Å². The van der Waals surface area contributed by atoms with Crippen molar-refractivity contribution in [2.45, 2.75) is 0 Å². The molecule has 0 fully saturated rings. The third-order valence-electron chi connectivity index (χ3n) is 7.40. The molecular weight excluding hydrogens is 480 g/mol. The first-order valence-corrected chi connectivity index (χ1v) is 13.6. The van der Waals surface area contributed by atoms with Crippen molar-refractivity contribution in [2.75, 3.05) is 0 Å². The van der Waals surface area contributed by atoms with E-state index in [0.29, 0.717) is 0 Å². The molecule has 0 saturated carbocycles. The number of thiophene rings is 1. The number of para-hydroxylation sites is 2. The van der Waals surface area contributed by atoms with Crippen LogP contribution in [0.4, 0.5) is 0 Å². The fourth-order valence-electron chi connectivity index (χ4n) is 5.69. The van der Waals surface area contributed by atoms with E-state index in [2.05, 4.69) is 132 Å². The molecule has 0 N–H and O–H groups in total. The van der Waals surface area contributed by atoms with E-state index >= 15 is 0 Å². The van der Waals surface area contributed by atoms with Gasteiger partial charge in [-0.1, -0.05) is 91.0 Å². The number of nitrogens with zero attached hydrogens (tertiary/aromatic N) is 2. The SMILES string of the molecule is c1ccc(-c2cccc(-c3cc(-n4c5ccccc5c5ccccc54)cc4c3sc3ccccc34)n2)cc1. The molecule has 0 radical (unpaired) electrons. The molecule has 0 atom stereocenters. The van der Waals surface area contributed by atoms with Gasteiger partial charge in [0.1, 0.15) is 0 Å². The van der Waals surface area contributed by atoms with Crippen molar-refractivity contribution in [1.82, 2.24) is 9.55 Å². The molecule has 0 saturated heterocycles. The molecule has 0 bridgehead atoms. The molecule has 5 aromatic carbocycles. The second kappa shape index (κ2) is 8.41. The van der Waals surface area contributed by atoms with Gasteiger partial charge in [-0.05, 0) is 42.5 Å². The number of hydrogen-bond acceptors (Lipinski definition) is 2. The van der Waals surface area contributed by atoms with E-state index in [-0.39, 0.29) is 0 Å². The van der Waals surface area contributed by atoms with Gasteiger partial charge in [0.05, 0.1) is 22.4 Å². The number of rotatable bonds is 3. The summed E-state index contributed by atoms with van der Waals surface area (Å²) in [5.74, 6) is 0. The lowest BCUT2D eigenvalue weighted by atomic mass is 10.0. The molecule has 0 unspecified atom stereocenters. The lowest BCUT2D eigenvalue weighted by Crippen LogP contribution is -1.96. The summed E-state index contributed by atoms with van der Waals surface area (Å²) in [5, 5.41) is 5.09. The van der Waals surface area contributed by atoms with Crippen LogP contribution in [0.25, 0.3) is 70.2 Å². The zero-order valence-corrected chi connectivity index (χ0v) is 21.3. The maximum Gasteiger partial charge on any atom is 0.0724 e. The quantitative estimate of drug-likeness (QED) is 0.235. The van der Waals surface area contributed by atoms with E-state index < -0.39 is 0 Å². The Bertz CT molecular complexity index is 2080. The van der Waals surface area contributed by atoms with Gasteiger partial charge in [0.25, 0.3) is 0 Å². The van der Waals surface area contributed by atoms with Crippen molar-refractivity contribution in [2.24, 2.45) is 0 Å². The molecule has 38 heavy (non-hydrogen) atoms. The highest BCUT2D eigenvalue weighted by molar-refractivity contribution is 7.26. The molecule has 0 aliphatic rings. The zero-order chi connectivity index (χ0) is 25.1. The van der Waals surface area contributed by atoms with Gasteiger partial charge in [0.2, 0.25) is 0 Å². The number of aromatic nitrogens is 2. The molecule has 0 aliphatic heterocycles. The van der Waals surface area contributed by atoms with E-state index in [1.54, 1.807) is 0 Å². The van der Waals surface area contributed by atoms with Crippen LogP contribution in [-0.4, -0.2) is 9.55 Å². The molecule has 2 nitrogen and oxygen atoms in total. The zero-order valence-electron chi connectivity index (χ0n) is 20.5. The van der Waals surface area contributed by atoms with Crippen molar-refractivity contribution < 1.29 is 0 Å². The highest BCUT2D eigenvalue weighted by Gasteiger charge is 2.17. The van der Waals surface area contributed by atoms with Crippen molar-refractivity contribution in [1.29, 1.82) is 0 Å². The summed E-state index contributed by atoms with van der Waals surface area (Å²) in [6.45, 7) is 0. The Hall–Kier alpha value is -4.73.